The minimum Gasteiger partial charge on any atom is -0.493 e. The van der Waals surface area contributed by atoms with Gasteiger partial charge in [0.15, 0.2) is 17.1 Å². The molecule has 32 heavy (non-hydrogen) atoms. The lowest BCUT2D eigenvalue weighted by Gasteiger charge is -2.32. The number of hydrogen-bond acceptors (Lipinski definition) is 5. The van der Waals surface area contributed by atoms with Gasteiger partial charge in [0.2, 0.25) is 5.82 Å². The van der Waals surface area contributed by atoms with Gasteiger partial charge in [0.05, 0.1) is 19.2 Å². The molecule has 2 aromatic rings. The van der Waals surface area contributed by atoms with E-state index in [1.165, 1.54) is 44.6 Å². The molecule has 1 aromatic heterocycles. The first-order chi connectivity index (χ1) is 15.0. The molecule has 174 valence electrons. The summed E-state index contributed by atoms with van der Waals surface area (Å²) in [6, 6.07) is 4.18. The number of amides is 1. The number of alkyl halides is 3. The molecule has 1 N–H and O–H groups in total. The highest BCUT2D eigenvalue weighted by molar-refractivity contribution is 6.32. The maximum atomic E-state index is 15.0. The zero-order chi connectivity index (χ0) is 23.8. The Labute approximate surface area is 186 Å². The topological polar surface area (TPSA) is 69.7 Å². The maximum absolute atomic E-state index is 15.0. The standard InChI is InChI=1S/C21H21ClF4N2O4/c1-10-14(12-9-13(22)17(31-4)15(23)16(12)30-3)18(32-20(10,2)21(24,25)26)19(29)28-11-5-7-27-8-6-11/h5-10,14,18H,1-4H3,(H,27,28,29)/t10-,14-,18+,20+/m0/s1. The molecule has 2 heterocycles. The fourth-order valence-electron chi connectivity index (χ4n) is 3.92. The molecular weight excluding hydrogens is 456 g/mol. The van der Waals surface area contributed by atoms with E-state index < -0.39 is 41.4 Å². The van der Waals surface area contributed by atoms with E-state index in [4.69, 9.17) is 25.8 Å². The SMILES string of the molecule is COc1c(Cl)cc([C@H]2[C@H](C(=O)Nc3ccncc3)O[C@@](C)(C(F)(F)F)[C@H]2C)c(OC)c1F. The molecular formula is C21H21ClF4N2O4. The molecule has 0 unspecified atom stereocenters. The van der Waals surface area contributed by atoms with E-state index in [0.717, 1.165) is 14.0 Å². The van der Waals surface area contributed by atoms with Gasteiger partial charge in [-0.3, -0.25) is 9.78 Å². The second-order valence-corrected chi connectivity index (χ2v) is 7.92. The third-order valence-electron chi connectivity index (χ3n) is 5.80. The number of rotatable bonds is 5. The van der Waals surface area contributed by atoms with E-state index in [1.807, 2.05) is 0 Å². The van der Waals surface area contributed by atoms with Gasteiger partial charge in [-0.25, -0.2) is 0 Å². The predicted octanol–water partition coefficient (Wildman–Crippen LogP) is 4.97. The molecule has 3 rings (SSSR count). The number of hydrogen-bond donors (Lipinski definition) is 1. The molecule has 11 heteroatoms. The van der Waals surface area contributed by atoms with Gasteiger partial charge in [-0.2, -0.15) is 17.6 Å². The van der Waals surface area contributed by atoms with Crippen molar-refractivity contribution < 1.29 is 36.6 Å². The smallest absolute Gasteiger partial charge is 0.417 e. The van der Waals surface area contributed by atoms with Crippen molar-refractivity contribution in [2.75, 3.05) is 19.5 Å². The Morgan fingerprint density at radius 3 is 2.34 bits per heavy atom. The van der Waals surface area contributed by atoms with Crippen molar-refractivity contribution >= 4 is 23.2 Å². The highest BCUT2D eigenvalue weighted by atomic mass is 35.5. The molecule has 0 saturated carbocycles. The predicted molar refractivity (Wildman–Crippen MR) is 109 cm³/mol. The summed E-state index contributed by atoms with van der Waals surface area (Å²) in [7, 11) is 2.35. The number of carbonyl (C=O) groups excluding carboxylic acids is 1. The average molecular weight is 477 g/mol. The molecule has 1 aromatic carbocycles. The van der Waals surface area contributed by atoms with Crippen LogP contribution in [0.5, 0.6) is 11.5 Å². The Kier molecular flexibility index (Phi) is 6.57. The molecule has 0 spiro atoms. The Morgan fingerprint density at radius 2 is 1.81 bits per heavy atom. The summed E-state index contributed by atoms with van der Waals surface area (Å²) in [6.45, 7) is 2.14. The van der Waals surface area contributed by atoms with Crippen molar-refractivity contribution in [1.82, 2.24) is 4.98 Å². The largest absolute Gasteiger partial charge is 0.493 e. The molecule has 6 nitrogen and oxygen atoms in total. The van der Waals surface area contributed by atoms with Crippen molar-refractivity contribution in [2.24, 2.45) is 5.92 Å². The van der Waals surface area contributed by atoms with Gasteiger partial charge >= 0.3 is 6.18 Å². The van der Waals surface area contributed by atoms with Crippen LogP contribution in [0.4, 0.5) is 23.2 Å². The second-order valence-electron chi connectivity index (χ2n) is 7.51. The van der Waals surface area contributed by atoms with Crippen LogP contribution in [-0.4, -0.2) is 43.0 Å². The third kappa shape index (κ3) is 3.97. The van der Waals surface area contributed by atoms with Crippen LogP contribution in [0, 0.1) is 11.7 Å². The summed E-state index contributed by atoms with van der Waals surface area (Å²) >= 11 is 6.12. The molecule has 0 radical (unpaired) electrons. The lowest BCUT2D eigenvalue weighted by molar-refractivity contribution is -0.272. The monoisotopic (exact) mass is 476 g/mol. The van der Waals surface area contributed by atoms with Crippen LogP contribution >= 0.6 is 11.6 Å². The number of nitrogens with zero attached hydrogens (tertiary/aromatic N) is 1. The van der Waals surface area contributed by atoms with Crippen LogP contribution in [-0.2, 0) is 9.53 Å². The van der Waals surface area contributed by atoms with Crippen LogP contribution in [0.15, 0.2) is 30.6 Å². The highest BCUT2D eigenvalue weighted by Gasteiger charge is 2.66. The molecule has 0 bridgehead atoms. The summed E-state index contributed by atoms with van der Waals surface area (Å²) in [5, 5.41) is 2.34. The van der Waals surface area contributed by atoms with Crippen LogP contribution in [0.25, 0.3) is 0 Å². The zero-order valence-electron chi connectivity index (χ0n) is 17.6. The number of carbonyl (C=O) groups is 1. The molecule has 1 amide bonds. The van der Waals surface area contributed by atoms with E-state index in [1.54, 1.807) is 0 Å². The molecule has 1 aliphatic heterocycles. The number of nitrogens with one attached hydrogen (secondary N) is 1. The van der Waals surface area contributed by atoms with E-state index in [9.17, 15) is 22.4 Å². The Hall–Kier alpha value is -2.59. The summed E-state index contributed by atoms with van der Waals surface area (Å²) in [6.07, 6.45) is -3.61. The fourth-order valence-corrected chi connectivity index (χ4v) is 4.19. The lowest BCUT2D eigenvalue weighted by atomic mass is 9.77. The normalized spacial score (nSPS) is 25.5. The number of aromatic nitrogens is 1. The third-order valence-corrected chi connectivity index (χ3v) is 6.08. The minimum atomic E-state index is -4.81. The average Bonchev–Trinajstić information content (AvgIpc) is 3.01. The Bertz CT molecular complexity index is 1010. The minimum absolute atomic E-state index is 0.0360. The summed E-state index contributed by atoms with van der Waals surface area (Å²) in [5.74, 6) is -5.06. The fraction of sp³-hybridized carbons (Fsp3) is 0.429. The van der Waals surface area contributed by atoms with Crippen molar-refractivity contribution in [1.29, 1.82) is 0 Å². The first-order valence-corrected chi connectivity index (χ1v) is 9.89. The van der Waals surface area contributed by atoms with E-state index in [0.29, 0.717) is 5.69 Å². The van der Waals surface area contributed by atoms with Crippen molar-refractivity contribution in [3.8, 4) is 11.5 Å². The second kappa shape index (κ2) is 8.74. The number of halogens is 5. The summed E-state index contributed by atoms with van der Waals surface area (Å²) < 4.78 is 72.4. The lowest BCUT2D eigenvalue weighted by Crippen LogP contribution is -2.47. The Balaban J connectivity index is 2.14. The highest BCUT2D eigenvalue weighted by Crippen LogP contribution is 2.56. The Morgan fingerprint density at radius 1 is 1.22 bits per heavy atom. The zero-order valence-corrected chi connectivity index (χ0v) is 18.3. The van der Waals surface area contributed by atoms with Crippen LogP contribution < -0.4 is 14.8 Å². The molecule has 1 fully saturated rings. The van der Waals surface area contributed by atoms with Crippen LogP contribution in [0.3, 0.4) is 0 Å². The van der Waals surface area contributed by atoms with Crippen LogP contribution in [0.2, 0.25) is 5.02 Å². The van der Waals surface area contributed by atoms with Crippen LogP contribution in [0.1, 0.15) is 25.3 Å². The van der Waals surface area contributed by atoms with Crippen molar-refractivity contribution in [3.63, 3.8) is 0 Å². The van der Waals surface area contributed by atoms with Gasteiger partial charge in [-0.1, -0.05) is 18.5 Å². The van der Waals surface area contributed by atoms with Crippen molar-refractivity contribution in [3.05, 3.63) is 47.0 Å². The van der Waals surface area contributed by atoms with E-state index in [-0.39, 0.29) is 22.1 Å². The van der Waals surface area contributed by atoms with Gasteiger partial charge in [0.25, 0.3) is 5.91 Å². The number of methoxy groups -OCH3 is 2. The quantitative estimate of drug-likeness (QED) is 0.617. The maximum Gasteiger partial charge on any atom is 0.417 e. The molecule has 1 aliphatic rings. The number of anilines is 1. The molecule has 0 aliphatic carbocycles. The summed E-state index contributed by atoms with van der Waals surface area (Å²) in [5.41, 5.74) is -2.41. The van der Waals surface area contributed by atoms with Gasteiger partial charge in [0, 0.05) is 35.5 Å². The molecule has 1 saturated heterocycles. The van der Waals surface area contributed by atoms with E-state index in [2.05, 4.69) is 10.3 Å². The van der Waals surface area contributed by atoms with Gasteiger partial charge < -0.3 is 19.5 Å². The molecule has 4 atom stereocenters. The van der Waals surface area contributed by atoms with Gasteiger partial charge in [-0.15, -0.1) is 0 Å². The first-order valence-electron chi connectivity index (χ1n) is 9.51. The van der Waals surface area contributed by atoms with Gasteiger partial charge in [-0.05, 0) is 25.1 Å². The van der Waals surface area contributed by atoms with E-state index >= 15 is 0 Å². The van der Waals surface area contributed by atoms with Crippen molar-refractivity contribution in [2.45, 2.75) is 37.6 Å². The number of pyridine rings is 1. The number of ether oxygens (including phenoxy) is 3. The summed E-state index contributed by atoms with van der Waals surface area (Å²) in [4.78, 5) is 16.9. The van der Waals surface area contributed by atoms with Gasteiger partial charge in [0.1, 0.15) is 6.10 Å². The number of benzene rings is 1. The first kappa shape index (κ1) is 24.1.